The molecule has 3 unspecified atom stereocenters. The predicted molar refractivity (Wildman–Crippen MR) is 120 cm³/mol. The molecular weight excluding hydrogens is 356 g/mol. The Morgan fingerprint density at radius 3 is 2.28 bits per heavy atom. The normalized spacial score (nSPS) is 20.8. The number of para-hydroxylation sites is 2. The lowest BCUT2D eigenvalue weighted by molar-refractivity contribution is 0.0960. The number of aryl methyl sites for hydroxylation is 1. The summed E-state index contributed by atoms with van der Waals surface area (Å²) < 4.78 is 0. The molecule has 3 aromatic rings. The molecule has 1 N–H and O–H groups in total. The molecule has 29 heavy (non-hydrogen) atoms. The molecule has 0 bridgehead atoms. The zero-order chi connectivity index (χ0) is 20.4. The summed E-state index contributed by atoms with van der Waals surface area (Å²) >= 11 is 0. The summed E-state index contributed by atoms with van der Waals surface area (Å²) in [6.45, 7) is 6.46. The van der Waals surface area contributed by atoms with Crippen molar-refractivity contribution >= 4 is 17.3 Å². The summed E-state index contributed by atoms with van der Waals surface area (Å²) in [6.07, 6.45) is 0.903. The maximum Gasteiger partial charge on any atom is 0.258 e. The molecule has 0 saturated heterocycles. The van der Waals surface area contributed by atoms with Crippen molar-refractivity contribution in [3.8, 4) is 0 Å². The summed E-state index contributed by atoms with van der Waals surface area (Å²) in [5.74, 6) is 0.346. The van der Waals surface area contributed by atoms with Crippen LogP contribution in [0.4, 0.5) is 11.4 Å². The molecule has 0 spiro atoms. The highest BCUT2D eigenvalue weighted by Gasteiger charge is 2.40. The number of hydrogen-bond donors (Lipinski definition) is 1. The smallest absolute Gasteiger partial charge is 0.258 e. The summed E-state index contributed by atoms with van der Waals surface area (Å²) in [5.41, 5.74) is 5.19. The summed E-state index contributed by atoms with van der Waals surface area (Å²) in [5, 5.41) is 3.72. The van der Waals surface area contributed by atoms with Crippen LogP contribution in [0.5, 0.6) is 0 Å². The van der Waals surface area contributed by atoms with Gasteiger partial charge in [-0.15, -0.1) is 0 Å². The van der Waals surface area contributed by atoms with Crippen LogP contribution >= 0.6 is 0 Å². The minimum Gasteiger partial charge on any atom is -0.378 e. The van der Waals surface area contributed by atoms with Crippen molar-refractivity contribution in [3.63, 3.8) is 0 Å². The van der Waals surface area contributed by atoms with Crippen LogP contribution in [-0.2, 0) is 0 Å². The second-order valence-corrected chi connectivity index (χ2v) is 7.92. The third-order valence-corrected chi connectivity index (χ3v) is 6.03. The molecule has 1 amide bonds. The van der Waals surface area contributed by atoms with Gasteiger partial charge in [0.15, 0.2) is 0 Å². The largest absolute Gasteiger partial charge is 0.378 e. The number of nitrogens with zero attached hydrogens (tertiary/aromatic N) is 1. The SMILES string of the molecule is CCC1C(C)C(Nc2ccccc2)c2ccccc2N1C(=O)c1ccc(C)cc1. The number of anilines is 2. The number of carbonyl (C=O) groups excluding carboxylic acids is 1. The Morgan fingerprint density at radius 1 is 0.931 bits per heavy atom. The fourth-order valence-electron chi connectivity index (χ4n) is 4.46. The van der Waals surface area contributed by atoms with Crippen molar-refractivity contribution < 1.29 is 4.79 Å². The van der Waals surface area contributed by atoms with Crippen LogP contribution in [0, 0.1) is 12.8 Å². The highest BCUT2D eigenvalue weighted by Crippen LogP contribution is 2.43. The lowest BCUT2D eigenvalue weighted by atomic mass is 9.80. The van der Waals surface area contributed by atoms with E-state index in [9.17, 15) is 4.79 Å². The van der Waals surface area contributed by atoms with E-state index in [1.54, 1.807) is 0 Å². The van der Waals surface area contributed by atoms with Crippen molar-refractivity contribution in [3.05, 3.63) is 95.6 Å². The molecule has 0 aliphatic carbocycles. The van der Waals surface area contributed by atoms with E-state index in [4.69, 9.17) is 0 Å². The van der Waals surface area contributed by atoms with Gasteiger partial charge in [0.2, 0.25) is 0 Å². The Balaban J connectivity index is 1.76. The highest BCUT2D eigenvalue weighted by atomic mass is 16.2. The van der Waals surface area contributed by atoms with Crippen LogP contribution in [0.25, 0.3) is 0 Å². The molecule has 1 heterocycles. The highest BCUT2D eigenvalue weighted by molar-refractivity contribution is 6.07. The van der Waals surface area contributed by atoms with Gasteiger partial charge in [0.1, 0.15) is 0 Å². The Labute approximate surface area is 173 Å². The van der Waals surface area contributed by atoms with Gasteiger partial charge >= 0.3 is 0 Å². The molecule has 0 fully saturated rings. The summed E-state index contributed by atoms with van der Waals surface area (Å²) in [7, 11) is 0. The maximum absolute atomic E-state index is 13.6. The number of carbonyl (C=O) groups is 1. The Kier molecular flexibility index (Phi) is 5.39. The van der Waals surface area contributed by atoms with E-state index in [0.717, 1.165) is 28.9 Å². The quantitative estimate of drug-likeness (QED) is 0.579. The van der Waals surface area contributed by atoms with Gasteiger partial charge in [-0.1, -0.05) is 67.9 Å². The third kappa shape index (κ3) is 3.65. The van der Waals surface area contributed by atoms with Crippen LogP contribution in [0.3, 0.4) is 0 Å². The number of amides is 1. The minimum absolute atomic E-state index is 0.0781. The fourth-order valence-corrected chi connectivity index (χ4v) is 4.46. The van der Waals surface area contributed by atoms with E-state index in [-0.39, 0.29) is 23.9 Å². The van der Waals surface area contributed by atoms with E-state index >= 15 is 0 Å². The molecule has 3 aromatic carbocycles. The number of nitrogens with one attached hydrogen (secondary N) is 1. The van der Waals surface area contributed by atoms with Crippen molar-refractivity contribution in [2.45, 2.75) is 39.3 Å². The summed E-state index contributed by atoms with van der Waals surface area (Å²) in [6, 6.07) is 26.8. The second kappa shape index (κ2) is 8.12. The summed E-state index contributed by atoms with van der Waals surface area (Å²) in [4.78, 5) is 15.6. The number of benzene rings is 3. The lowest BCUT2D eigenvalue weighted by Crippen LogP contribution is -2.50. The molecule has 3 atom stereocenters. The maximum atomic E-state index is 13.6. The Hall–Kier alpha value is -3.07. The number of rotatable bonds is 4. The molecule has 3 nitrogen and oxygen atoms in total. The molecule has 0 saturated carbocycles. The molecule has 4 rings (SSSR count). The molecule has 0 radical (unpaired) electrons. The van der Waals surface area contributed by atoms with Crippen LogP contribution in [0.15, 0.2) is 78.9 Å². The molecule has 0 aromatic heterocycles. The van der Waals surface area contributed by atoms with E-state index in [2.05, 4.69) is 49.5 Å². The van der Waals surface area contributed by atoms with E-state index in [1.807, 2.05) is 60.4 Å². The van der Waals surface area contributed by atoms with E-state index in [1.165, 1.54) is 5.56 Å². The predicted octanol–water partition coefficient (Wildman–Crippen LogP) is 6.22. The van der Waals surface area contributed by atoms with Gasteiger partial charge in [0, 0.05) is 28.9 Å². The van der Waals surface area contributed by atoms with Crippen molar-refractivity contribution in [1.29, 1.82) is 0 Å². The average Bonchev–Trinajstić information content (AvgIpc) is 2.76. The first-order valence-electron chi connectivity index (χ1n) is 10.4. The average molecular weight is 385 g/mol. The molecular formula is C26H28N2O. The standard InChI is InChI=1S/C26H28N2O/c1-4-23-19(3)25(27-21-10-6-5-7-11-21)22-12-8-9-13-24(22)28(23)26(29)20-16-14-18(2)15-17-20/h5-17,19,23,25,27H,4H2,1-3H3. The van der Waals surface area contributed by atoms with Gasteiger partial charge in [-0.25, -0.2) is 0 Å². The first-order chi connectivity index (χ1) is 14.1. The van der Waals surface area contributed by atoms with Crippen LogP contribution in [0.2, 0.25) is 0 Å². The number of hydrogen-bond acceptors (Lipinski definition) is 2. The van der Waals surface area contributed by atoms with Crippen LogP contribution in [-0.4, -0.2) is 11.9 Å². The Bertz CT molecular complexity index is 981. The van der Waals surface area contributed by atoms with Crippen molar-refractivity contribution in [1.82, 2.24) is 0 Å². The van der Waals surface area contributed by atoms with Gasteiger partial charge in [-0.05, 0) is 49.2 Å². The monoisotopic (exact) mass is 384 g/mol. The van der Waals surface area contributed by atoms with E-state index in [0.29, 0.717) is 0 Å². The van der Waals surface area contributed by atoms with Gasteiger partial charge < -0.3 is 10.2 Å². The lowest BCUT2D eigenvalue weighted by Gasteiger charge is -2.45. The second-order valence-electron chi connectivity index (χ2n) is 7.92. The van der Waals surface area contributed by atoms with Gasteiger partial charge in [-0.2, -0.15) is 0 Å². The molecule has 1 aliphatic rings. The van der Waals surface area contributed by atoms with Gasteiger partial charge in [-0.3, -0.25) is 4.79 Å². The fraction of sp³-hybridized carbons (Fsp3) is 0.269. The van der Waals surface area contributed by atoms with Crippen molar-refractivity contribution in [2.75, 3.05) is 10.2 Å². The van der Waals surface area contributed by atoms with Crippen LogP contribution < -0.4 is 10.2 Å². The first kappa shape index (κ1) is 19.3. The zero-order valence-corrected chi connectivity index (χ0v) is 17.3. The molecule has 148 valence electrons. The number of fused-ring (bicyclic) bond motifs is 1. The topological polar surface area (TPSA) is 32.3 Å². The minimum atomic E-state index is 0.0781. The third-order valence-electron chi connectivity index (χ3n) is 6.03. The van der Waals surface area contributed by atoms with Gasteiger partial charge in [0.25, 0.3) is 5.91 Å². The zero-order valence-electron chi connectivity index (χ0n) is 17.3. The van der Waals surface area contributed by atoms with Crippen molar-refractivity contribution in [2.24, 2.45) is 5.92 Å². The first-order valence-corrected chi connectivity index (χ1v) is 10.4. The molecule has 1 aliphatic heterocycles. The molecule has 3 heteroatoms. The Morgan fingerprint density at radius 2 is 1.59 bits per heavy atom. The van der Waals surface area contributed by atoms with E-state index < -0.39 is 0 Å². The van der Waals surface area contributed by atoms with Crippen LogP contribution in [0.1, 0.15) is 47.8 Å². The van der Waals surface area contributed by atoms with Gasteiger partial charge in [0.05, 0.1) is 6.04 Å².